The van der Waals surface area contributed by atoms with Crippen LogP contribution in [0.4, 0.5) is 0 Å². The molecule has 3 aromatic rings. The van der Waals surface area contributed by atoms with Crippen molar-refractivity contribution < 1.29 is 23.8 Å². The summed E-state index contributed by atoms with van der Waals surface area (Å²) in [7, 11) is 1.61. The molecule has 3 rings (SSSR count). The van der Waals surface area contributed by atoms with Crippen molar-refractivity contribution in [3.63, 3.8) is 0 Å². The standard InChI is InChI=1S/C26H31N3O5/c1-5-33-26(31)23-17-24(19-9-13-22(32-4)14-10-19)29(28-23)21-11-7-20(8-12-21)25(30)27-15-6-16-34-18(2)3/h7-14,17-18H,5-6,15-16H2,1-4H3,(H,27,30). The second kappa shape index (κ2) is 12.0. The number of carbonyl (C=O) groups is 2. The average Bonchev–Trinajstić information content (AvgIpc) is 3.29. The summed E-state index contributed by atoms with van der Waals surface area (Å²) in [4.78, 5) is 24.8. The van der Waals surface area contributed by atoms with Crippen LogP contribution in [-0.4, -0.2) is 54.6 Å². The van der Waals surface area contributed by atoms with Crippen LogP contribution in [0.3, 0.4) is 0 Å². The third-order valence-electron chi connectivity index (χ3n) is 5.01. The summed E-state index contributed by atoms with van der Waals surface area (Å²) in [5.74, 6) is 0.0826. The fourth-order valence-corrected chi connectivity index (χ4v) is 3.30. The Balaban J connectivity index is 1.80. The van der Waals surface area contributed by atoms with E-state index in [2.05, 4.69) is 10.4 Å². The molecule has 34 heavy (non-hydrogen) atoms. The van der Waals surface area contributed by atoms with Gasteiger partial charge in [0.25, 0.3) is 5.91 Å². The number of ether oxygens (including phenoxy) is 3. The van der Waals surface area contributed by atoms with Gasteiger partial charge in [0.15, 0.2) is 5.69 Å². The number of aromatic nitrogens is 2. The summed E-state index contributed by atoms with van der Waals surface area (Å²) < 4.78 is 17.5. The monoisotopic (exact) mass is 465 g/mol. The van der Waals surface area contributed by atoms with E-state index in [-0.39, 0.29) is 24.3 Å². The first-order chi connectivity index (χ1) is 16.4. The summed E-state index contributed by atoms with van der Waals surface area (Å²) >= 11 is 0. The number of methoxy groups -OCH3 is 1. The number of amides is 1. The molecular weight excluding hydrogens is 434 g/mol. The van der Waals surface area contributed by atoms with Crippen molar-refractivity contribution >= 4 is 11.9 Å². The zero-order chi connectivity index (χ0) is 24.5. The first kappa shape index (κ1) is 25.0. The maximum absolute atomic E-state index is 12.5. The van der Waals surface area contributed by atoms with Gasteiger partial charge in [0.2, 0.25) is 0 Å². The summed E-state index contributed by atoms with van der Waals surface area (Å²) in [5, 5.41) is 7.37. The molecule has 8 nitrogen and oxygen atoms in total. The number of benzene rings is 2. The first-order valence-electron chi connectivity index (χ1n) is 11.3. The van der Waals surface area contributed by atoms with E-state index < -0.39 is 5.97 Å². The molecule has 0 aliphatic rings. The molecule has 0 bridgehead atoms. The second-order valence-electron chi connectivity index (χ2n) is 7.85. The smallest absolute Gasteiger partial charge is 0.358 e. The summed E-state index contributed by atoms with van der Waals surface area (Å²) in [6.07, 6.45) is 0.926. The Morgan fingerprint density at radius 2 is 1.76 bits per heavy atom. The molecule has 1 N–H and O–H groups in total. The topological polar surface area (TPSA) is 91.7 Å². The van der Waals surface area contributed by atoms with E-state index in [1.165, 1.54) is 0 Å². The summed E-state index contributed by atoms with van der Waals surface area (Å²) in [6.45, 7) is 7.12. The fraction of sp³-hybridized carbons (Fsp3) is 0.346. The van der Waals surface area contributed by atoms with Gasteiger partial charge >= 0.3 is 5.97 Å². The lowest BCUT2D eigenvalue weighted by Gasteiger charge is -2.10. The van der Waals surface area contributed by atoms with Gasteiger partial charge < -0.3 is 19.5 Å². The van der Waals surface area contributed by atoms with E-state index in [1.807, 2.05) is 38.1 Å². The number of nitrogens with zero attached hydrogens (tertiary/aromatic N) is 2. The van der Waals surface area contributed by atoms with Crippen molar-refractivity contribution in [3.8, 4) is 22.7 Å². The number of carbonyl (C=O) groups excluding carboxylic acids is 2. The van der Waals surface area contributed by atoms with Crippen LogP contribution in [0.25, 0.3) is 16.9 Å². The number of nitrogens with one attached hydrogen (secondary N) is 1. The van der Waals surface area contributed by atoms with Gasteiger partial charge in [-0.3, -0.25) is 4.79 Å². The highest BCUT2D eigenvalue weighted by molar-refractivity contribution is 5.94. The van der Waals surface area contributed by atoms with E-state index >= 15 is 0 Å². The minimum atomic E-state index is -0.492. The van der Waals surface area contributed by atoms with Gasteiger partial charge in [0.1, 0.15) is 5.75 Å². The molecule has 0 aliphatic heterocycles. The zero-order valence-electron chi connectivity index (χ0n) is 20.0. The van der Waals surface area contributed by atoms with Crippen LogP contribution in [0.15, 0.2) is 54.6 Å². The molecule has 180 valence electrons. The maximum atomic E-state index is 12.5. The summed E-state index contributed by atoms with van der Waals surface area (Å²) in [5.41, 5.74) is 3.03. The van der Waals surface area contributed by atoms with E-state index in [1.54, 1.807) is 49.0 Å². The van der Waals surface area contributed by atoms with E-state index in [0.717, 1.165) is 17.7 Å². The minimum absolute atomic E-state index is 0.154. The molecule has 0 radical (unpaired) electrons. The molecule has 1 amide bonds. The largest absolute Gasteiger partial charge is 0.497 e. The molecule has 0 spiro atoms. The maximum Gasteiger partial charge on any atom is 0.358 e. The van der Waals surface area contributed by atoms with Crippen LogP contribution in [0.5, 0.6) is 5.75 Å². The SMILES string of the molecule is CCOC(=O)c1cc(-c2ccc(OC)cc2)n(-c2ccc(C(=O)NCCCOC(C)C)cc2)n1. The Morgan fingerprint density at radius 1 is 1.06 bits per heavy atom. The van der Waals surface area contributed by atoms with Crippen LogP contribution < -0.4 is 10.1 Å². The molecule has 1 heterocycles. The molecule has 0 saturated heterocycles. The second-order valence-corrected chi connectivity index (χ2v) is 7.85. The lowest BCUT2D eigenvalue weighted by atomic mass is 10.1. The third kappa shape index (κ3) is 6.45. The molecule has 1 aromatic heterocycles. The molecule has 0 aliphatic carbocycles. The van der Waals surface area contributed by atoms with Crippen LogP contribution in [0.2, 0.25) is 0 Å². The van der Waals surface area contributed by atoms with Gasteiger partial charge in [-0.1, -0.05) is 0 Å². The Bertz CT molecular complexity index is 1090. The number of esters is 1. The lowest BCUT2D eigenvalue weighted by molar-refractivity contribution is 0.0518. The van der Waals surface area contributed by atoms with E-state index in [0.29, 0.717) is 30.1 Å². The third-order valence-corrected chi connectivity index (χ3v) is 5.01. The minimum Gasteiger partial charge on any atom is -0.497 e. The van der Waals surface area contributed by atoms with Crippen LogP contribution in [0, 0.1) is 0 Å². The van der Waals surface area contributed by atoms with Gasteiger partial charge in [-0.25, -0.2) is 9.48 Å². The van der Waals surface area contributed by atoms with Crippen LogP contribution in [-0.2, 0) is 9.47 Å². The van der Waals surface area contributed by atoms with Gasteiger partial charge in [0.05, 0.1) is 31.2 Å². The van der Waals surface area contributed by atoms with E-state index in [4.69, 9.17) is 14.2 Å². The van der Waals surface area contributed by atoms with Crippen molar-refractivity contribution in [1.82, 2.24) is 15.1 Å². The van der Waals surface area contributed by atoms with Gasteiger partial charge in [-0.05, 0) is 81.8 Å². The van der Waals surface area contributed by atoms with Crippen molar-refractivity contribution in [2.45, 2.75) is 33.3 Å². The quantitative estimate of drug-likeness (QED) is 0.336. The number of hydrogen-bond acceptors (Lipinski definition) is 6. The van der Waals surface area contributed by atoms with Crippen molar-refractivity contribution in [3.05, 3.63) is 65.9 Å². The van der Waals surface area contributed by atoms with Crippen molar-refractivity contribution in [2.24, 2.45) is 0 Å². The molecule has 2 aromatic carbocycles. The summed E-state index contributed by atoms with van der Waals surface area (Å²) in [6, 6.07) is 16.2. The predicted octanol–water partition coefficient (Wildman–Crippen LogP) is 4.27. The Morgan fingerprint density at radius 3 is 2.38 bits per heavy atom. The first-order valence-corrected chi connectivity index (χ1v) is 11.3. The highest BCUT2D eigenvalue weighted by atomic mass is 16.5. The Kier molecular flexibility index (Phi) is 8.81. The van der Waals surface area contributed by atoms with Gasteiger partial charge in [-0.15, -0.1) is 0 Å². The van der Waals surface area contributed by atoms with E-state index in [9.17, 15) is 9.59 Å². The van der Waals surface area contributed by atoms with Crippen molar-refractivity contribution in [2.75, 3.05) is 26.9 Å². The highest BCUT2D eigenvalue weighted by Crippen LogP contribution is 2.26. The molecule has 0 unspecified atom stereocenters. The zero-order valence-corrected chi connectivity index (χ0v) is 20.0. The van der Waals surface area contributed by atoms with Gasteiger partial charge in [0, 0.05) is 24.3 Å². The lowest BCUT2D eigenvalue weighted by Crippen LogP contribution is -2.25. The molecule has 0 atom stereocenters. The molecule has 0 saturated carbocycles. The van der Waals surface area contributed by atoms with Crippen LogP contribution in [0.1, 0.15) is 48.0 Å². The number of hydrogen-bond donors (Lipinski definition) is 1. The molecular formula is C26H31N3O5. The molecule has 0 fully saturated rings. The van der Waals surface area contributed by atoms with Gasteiger partial charge in [-0.2, -0.15) is 5.10 Å². The Labute approximate surface area is 199 Å². The van der Waals surface area contributed by atoms with Crippen molar-refractivity contribution in [1.29, 1.82) is 0 Å². The predicted molar refractivity (Wildman–Crippen MR) is 130 cm³/mol. The normalized spacial score (nSPS) is 10.9. The molecule has 8 heteroatoms. The Hall–Kier alpha value is -3.65. The van der Waals surface area contributed by atoms with Crippen LogP contribution >= 0.6 is 0 Å². The highest BCUT2D eigenvalue weighted by Gasteiger charge is 2.18. The fourth-order valence-electron chi connectivity index (χ4n) is 3.30. The average molecular weight is 466 g/mol. The number of rotatable bonds is 11.